The predicted octanol–water partition coefficient (Wildman–Crippen LogP) is 0.569. The van der Waals surface area contributed by atoms with Crippen molar-refractivity contribution in [2.75, 3.05) is 43.4 Å². The molecule has 3 N–H and O–H groups in total. The fourth-order valence-corrected chi connectivity index (χ4v) is 5.97. The lowest BCUT2D eigenvalue weighted by Gasteiger charge is -2.40. The maximum Gasteiger partial charge on any atom is 0.240 e. The zero-order valence-electron chi connectivity index (χ0n) is 15.2. The van der Waals surface area contributed by atoms with Crippen molar-refractivity contribution in [2.24, 2.45) is 11.7 Å². The molecule has 0 aromatic carbocycles. The van der Waals surface area contributed by atoms with Crippen molar-refractivity contribution in [2.45, 2.75) is 43.6 Å². The van der Waals surface area contributed by atoms with Crippen LogP contribution in [0.25, 0.3) is 0 Å². The molecule has 0 aromatic rings. The van der Waals surface area contributed by atoms with Gasteiger partial charge in [-0.1, -0.05) is 13.8 Å². The van der Waals surface area contributed by atoms with E-state index in [1.54, 1.807) is 0 Å². The second kappa shape index (κ2) is 8.06. The summed E-state index contributed by atoms with van der Waals surface area (Å²) >= 11 is 3.78. The summed E-state index contributed by atoms with van der Waals surface area (Å²) in [5.74, 6) is 3.40. The van der Waals surface area contributed by atoms with E-state index in [4.69, 9.17) is 5.73 Å². The van der Waals surface area contributed by atoms with Crippen LogP contribution in [-0.2, 0) is 9.59 Å². The maximum atomic E-state index is 12.7. The average molecular weight is 387 g/mol. The number of rotatable bonds is 3. The summed E-state index contributed by atoms with van der Waals surface area (Å²) in [7, 11) is 0. The van der Waals surface area contributed by atoms with Crippen LogP contribution in [0, 0.1) is 5.92 Å². The molecule has 3 aliphatic rings. The van der Waals surface area contributed by atoms with Gasteiger partial charge in [0.15, 0.2) is 0 Å². The Bertz CT molecular complexity index is 503. The van der Waals surface area contributed by atoms with Gasteiger partial charge in [-0.3, -0.25) is 14.9 Å². The molecule has 0 aliphatic carbocycles. The summed E-state index contributed by atoms with van der Waals surface area (Å²) in [5.41, 5.74) is 6.02. The third-order valence-corrected chi connectivity index (χ3v) is 7.99. The molecule has 3 heterocycles. The van der Waals surface area contributed by atoms with E-state index in [2.05, 4.69) is 5.32 Å². The van der Waals surface area contributed by atoms with Gasteiger partial charge >= 0.3 is 0 Å². The first kappa shape index (κ1) is 19.3. The minimum absolute atomic E-state index is 0.0520. The lowest BCUT2D eigenvalue weighted by atomic mass is 9.99. The molecule has 142 valence electrons. The van der Waals surface area contributed by atoms with E-state index in [1.807, 2.05) is 47.2 Å². The monoisotopic (exact) mass is 386 g/mol. The summed E-state index contributed by atoms with van der Waals surface area (Å²) in [6.45, 7) is 7.15. The second-order valence-corrected chi connectivity index (χ2v) is 10.2. The van der Waals surface area contributed by atoms with Crippen LogP contribution < -0.4 is 11.1 Å². The molecule has 0 aromatic heterocycles. The average Bonchev–Trinajstić information content (AvgIpc) is 3.04. The van der Waals surface area contributed by atoms with Crippen molar-refractivity contribution in [1.29, 1.82) is 0 Å². The first-order chi connectivity index (χ1) is 11.9. The Balaban J connectivity index is 1.52. The van der Waals surface area contributed by atoms with Crippen molar-refractivity contribution >= 4 is 35.3 Å². The van der Waals surface area contributed by atoms with E-state index in [1.165, 1.54) is 0 Å². The third kappa shape index (κ3) is 4.28. The number of piperidine rings is 1. The Morgan fingerprint density at radius 1 is 1.12 bits per heavy atom. The Morgan fingerprint density at radius 3 is 2.36 bits per heavy atom. The summed E-state index contributed by atoms with van der Waals surface area (Å²) in [5, 5.41) is 3.61. The van der Waals surface area contributed by atoms with Crippen molar-refractivity contribution in [1.82, 2.24) is 15.1 Å². The van der Waals surface area contributed by atoms with Crippen LogP contribution in [0.15, 0.2) is 0 Å². The molecule has 6 nitrogen and oxygen atoms in total. The van der Waals surface area contributed by atoms with Crippen LogP contribution >= 0.6 is 23.5 Å². The fraction of sp³-hybridized carbons (Fsp3) is 0.882. The van der Waals surface area contributed by atoms with Gasteiger partial charge in [0.1, 0.15) is 0 Å². The van der Waals surface area contributed by atoms with Crippen molar-refractivity contribution in [3.05, 3.63) is 0 Å². The highest BCUT2D eigenvalue weighted by atomic mass is 32.2. The highest BCUT2D eigenvalue weighted by Gasteiger charge is 2.45. The van der Waals surface area contributed by atoms with Gasteiger partial charge in [0.05, 0.1) is 17.0 Å². The zero-order chi connectivity index (χ0) is 18.0. The van der Waals surface area contributed by atoms with Crippen LogP contribution in [0.5, 0.6) is 0 Å². The molecule has 0 bridgehead atoms. The minimum Gasteiger partial charge on any atom is -0.341 e. The molecular formula is C17H30N4O2S2. The SMILES string of the molecule is CC(C)[C@H](N)C(=O)N1CCC2(CC1)N[C@H](C(=O)N1CCSCC1)CS2. The third-order valence-electron chi connectivity index (χ3n) is 5.47. The largest absolute Gasteiger partial charge is 0.341 e. The number of thioether (sulfide) groups is 2. The van der Waals surface area contributed by atoms with E-state index in [0.29, 0.717) is 0 Å². The highest BCUT2D eigenvalue weighted by Crippen LogP contribution is 2.39. The summed E-state index contributed by atoms with van der Waals surface area (Å²) in [6, 6.07) is -0.488. The molecule has 3 aliphatic heterocycles. The zero-order valence-corrected chi connectivity index (χ0v) is 16.8. The summed E-state index contributed by atoms with van der Waals surface area (Å²) < 4.78 is 0. The van der Waals surface area contributed by atoms with Crippen molar-refractivity contribution in [3.63, 3.8) is 0 Å². The quantitative estimate of drug-likeness (QED) is 0.738. The van der Waals surface area contributed by atoms with Crippen molar-refractivity contribution in [3.8, 4) is 0 Å². The van der Waals surface area contributed by atoms with E-state index >= 15 is 0 Å². The molecule has 1 spiro atoms. The number of nitrogens with zero attached hydrogens (tertiary/aromatic N) is 2. The highest BCUT2D eigenvalue weighted by molar-refractivity contribution is 8.01. The molecular weight excluding hydrogens is 356 g/mol. The van der Waals surface area contributed by atoms with Crippen LogP contribution in [0.1, 0.15) is 26.7 Å². The van der Waals surface area contributed by atoms with E-state index in [-0.39, 0.29) is 28.6 Å². The smallest absolute Gasteiger partial charge is 0.240 e. The van der Waals surface area contributed by atoms with Gasteiger partial charge in [-0.05, 0) is 18.8 Å². The number of hydrogen-bond acceptors (Lipinski definition) is 6. The number of amides is 2. The number of nitrogens with one attached hydrogen (secondary N) is 1. The first-order valence-corrected chi connectivity index (χ1v) is 11.4. The standard InChI is InChI=1S/C17H30N4O2S2/c1-12(2)14(18)16(23)20-5-3-17(4-6-20)19-13(11-25-17)15(22)21-7-9-24-10-8-21/h12-14,19H,3-11,18H2,1-2H3/t13-,14-/m0/s1. The van der Waals surface area contributed by atoms with Gasteiger partial charge in [0, 0.05) is 43.4 Å². The molecule has 2 amide bonds. The van der Waals surface area contributed by atoms with Crippen LogP contribution in [0.3, 0.4) is 0 Å². The van der Waals surface area contributed by atoms with Gasteiger partial charge in [-0.2, -0.15) is 11.8 Å². The number of nitrogens with two attached hydrogens (primary N) is 1. The predicted molar refractivity (Wildman–Crippen MR) is 105 cm³/mol. The topological polar surface area (TPSA) is 78.7 Å². The van der Waals surface area contributed by atoms with Gasteiger partial charge in [0.2, 0.25) is 11.8 Å². The molecule has 0 unspecified atom stereocenters. The molecule has 0 radical (unpaired) electrons. The van der Waals surface area contributed by atoms with Gasteiger partial charge in [-0.15, -0.1) is 11.8 Å². The molecule has 3 saturated heterocycles. The molecule has 25 heavy (non-hydrogen) atoms. The normalized spacial score (nSPS) is 27.8. The summed E-state index contributed by atoms with van der Waals surface area (Å²) in [4.78, 5) is 29.0. The van der Waals surface area contributed by atoms with Gasteiger partial charge in [0.25, 0.3) is 0 Å². The number of carbonyl (C=O) groups is 2. The van der Waals surface area contributed by atoms with Gasteiger partial charge < -0.3 is 15.5 Å². The van der Waals surface area contributed by atoms with Crippen molar-refractivity contribution < 1.29 is 9.59 Å². The van der Waals surface area contributed by atoms with E-state index in [0.717, 1.165) is 56.3 Å². The number of likely N-dealkylation sites (tertiary alicyclic amines) is 1. The molecule has 3 fully saturated rings. The Kier molecular flexibility index (Phi) is 6.23. The Hall–Kier alpha value is -0.440. The second-order valence-electron chi connectivity index (χ2n) is 7.53. The van der Waals surface area contributed by atoms with Crippen LogP contribution in [0.4, 0.5) is 0 Å². The maximum absolute atomic E-state index is 12.7. The van der Waals surface area contributed by atoms with Crippen LogP contribution in [0.2, 0.25) is 0 Å². The number of hydrogen-bond donors (Lipinski definition) is 2. The lowest BCUT2D eigenvalue weighted by molar-refractivity contribution is -0.136. The Labute approximate surface area is 159 Å². The molecule has 3 rings (SSSR count). The van der Waals surface area contributed by atoms with Gasteiger partial charge in [-0.25, -0.2) is 0 Å². The first-order valence-electron chi connectivity index (χ1n) is 9.24. The lowest BCUT2D eigenvalue weighted by Crippen LogP contribution is -2.57. The molecule has 0 saturated carbocycles. The summed E-state index contributed by atoms with van der Waals surface area (Å²) in [6.07, 6.45) is 1.77. The molecule has 8 heteroatoms. The van der Waals surface area contributed by atoms with E-state index in [9.17, 15) is 9.59 Å². The molecule has 2 atom stereocenters. The van der Waals surface area contributed by atoms with Crippen LogP contribution in [-0.4, -0.2) is 82.0 Å². The fourth-order valence-electron chi connectivity index (χ4n) is 3.65. The Morgan fingerprint density at radius 2 is 1.76 bits per heavy atom. The minimum atomic E-state index is -0.412. The van der Waals surface area contributed by atoms with E-state index < -0.39 is 6.04 Å². The number of carbonyl (C=O) groups excluding carboxylic acids is 2.